The second-order valence-electron chi connectivity index (χ2n) is 5.95. The van der Waals surface area contributed by atoms with Crippen molar-refractivity contribution in [2.75, 3.05) is 13.1 Å². The van der Waals surface area contributed by atoms with Crippen LogP contribution in [0.3, 0.4) is 0 Å². The molecule has 0 spiro atoms. The predicted octanol–water partition coefficient (Wildman–Crippen LogP) is 1.43. The number of aromatic nitrogens is 4. The average Bonchev–Trinajstić information content (AvgIpc) is 3.16. The van der Waals surface area contributed by atoms with E-state index in [1.165, 1.54) is 10.7 Å². The highest BCUT2D eigenvalue weighted by molar-refractivity contribution is 5.66. The maximum Gasteiger partial charge on any atom is 0.417 e. The van der Waals surface area contributed by atoms with Crippen LogP contribution in [0.1, 0.15) is 17.7 Å². The summed E-state index contributed by atoms with van der Waals surface area (Å²) in [6, 6.07) is 2.15. The summed E-state index contributed by atoms with van der Waals surface area (Å²) >= 11 is 0. The predicted molar refractivity (Wildman–Crippen MR) is 81.2 cm³/mol. The molecule has 2 aromatic heterocycles. The molecule has 0 bridgehead atoms. The molecule has 26 heavy (non-hydrogen) atoms. The fourth-order valence-electron chi connectivity index (χ4n) is 2.68. The first-order chi connectivity index (χ1) is 12.3. The summed E-state index contributed by atoms with van der Waals surface area (Å²) in [5, 5.41) is 16.4. The highest BCUT2D eigenvalue weighted by atomic mass is 19.4. The minimum Gasteiger partial charge on any atom is -0.480 e. The summed E-state index contributed by atoms with van der Waals surface area (Å²) in [6.07, 6.45) is -1.59. The molecule has 3 heterocycles. The Kier molecular flexibility index (Phi) is 5.07. The van der Waals surface area contributed by atoms with Gasteiger partial charge in [0.05, 0.1) is 17.5 Å². The molecule has 1 saturated heterocycles. The van der Waals surface area contributed by atoms with Crippen LogP contribution in [0.4, 0.5) is 13.2 Å². The third-order valence-electron chi connectivity index (χ3n) is 3.85. The van der Waals surface area contributed by atoms with Gasteiger partial charge in [0.2, 0.25) is 5.88 Å². The second kappa shape index (κ2) is 7.28. The third kappa shape index (κ3) is 4.69. The monoisotopic (exact) mass is 371 g/mol. The number of halogens is 3. The second-order valence-corrected chi connectivity index (χ2v) is 5.95. The molecule has 1 atom stereocenters. The van der Waals surface area contributed by atoms with Crippen LogP contribution in [0.25, 0.3) is 0 Å². The van der Waals surface area contributed by atoms with Crippen LogP contribution >= 0.6 is 0 Å². The van der Waals surface area contributed by atoms with Crippen molar-refractivity contribution < 1.29 is 27.8 Å². The quantitative estimate of drug-likeness (QED) is 0.821. The summed E-state index contributed by atoms with van der Waals surface area (Å²) in [5.41, 5.74) is -0.179. The van der Waals surface area contributed by atoms with E-state index in [1.807, 2.05) is 4.90 Å². The smallest absolute Gasteiger partial charge is 0.417 e. The summed E-state index contributed by atoms with van der Waals surface area (Å²) in [5.74, 6) is -0.850. The third-order valence-corrected chi connectivity index (χ3v) is 3.85. The van der Waals surface area contributed by atoms with E-state index in [-0.39, 0.29) is 18.5 Å². The van der Waals surface area contributed by atoms with Crippen molar-refractivity contribution in [3.8, 4) is 5.88 Å². The van der Waals surface area contributed by atoms with E-state index in [9.17, 15) is 18.0 Å². The lowest BCUT2D eigenvalue weighted by Gasteiger charge is -2.15. The number of rotatable bonds is 6. The van der Waals surface area contributed by atoms with Gasteiger partial charge in [-0.15, -0.1) is 5.10 Å². The lowest BCUT2D eigenvalue weighted by atomic mass is 10.3. The number of aliphatic carboxylic acids is 1. The summed E-state index contributed by atoms with van der Waals surface area (Å²) in [7, 11) is 0. The first-order valence-electron chi connectivity index (χ1n) is 7.82. The number of nitrogens with zero attached hydrogens (tertiary/aromatic N) is 5. The highest BCUT2D eigenvalue weighted by Crippen LogP contribution is 2.29. The van der Waals surface area contributed by atoms with Gasteiger partial charge in [0.15, 0.2) is 0 Å². The topological polar surface area (TPSA) is 93.4 Å². The van der Waals surface area contributed by atoms with Crippen LogP contribution in [0, 0.1) is 0 Å². The molecule has 0 aromatic carbocycles. The van der Waals surface area contributed by atoms with Gasteiger partial charge in [-0.1, -0.05) is 5.21 Å². The Hall–Kier alpha value is -2.69. The van der Waals surface area contributed by atoms with E-state index >= 15 is 0 Å². The summed E-state index contributed by atoms with van der Waals surface area (Å²) in [6.45, 7) is 1.52. The Bertz CT molecular complexity index is 763. The van der Waals surface area contributed by atoms with Gasteiger partial charge in [-0.25, -0.2) is 9.67 Å². The lowest BCUT2D eigenvalue weighted by molar-refractivity contribution is -0.138. The van der Waals surface area contributed by atoms with E-state index in [2.05, 4.69) is 15.3 Å². The Morgan fingerprint density at radius 2 is 2.19 bits per heavy atom. The minimum atomic E-state index is -4.42. The fourth-order valence-corrected chi connectivity index (χ4v) is 2.68. The molecule has 11 heteroatoms. The number of carboxylic acids is 1. The number of hydrogen-bond acceptors (Lipinski definition) is 6. The van der Waals surface area contributed by atoms with Gasteiger partial charge < -0.3 is 9.84 Å². The van der Waals surface area contributed by atoms with Gasteiger partial charge in [0.1, 0.15) is 12.6 Å². The van der Waals surface area contributed by atoms with Crippen LogP contribution in [0.2, 0.25) is 0 Å². The standard InChI is InChI=1S/C15H16F3N5O3/c16-15(17,18)10-1-2-13(19-5-10)26-12-3-4-22(8-12)6-11-7-23(21-20-11)9-14(24)25/h1-2,5,7,12H,3-4,6,8-9H2,(H,24,25). The van der Waals surface area contributed by atoms with Crippen molar-refractivity contribution in [2.45, 2.75) is 31.8 Å². The Morgan fingerprint density at radius 1 is 1.38 bits per heavy atom. The maximum absolute atomic E-state index is 12.5. The molecule has 3 rings (SSSR count). The van der Waals surface area contributed by atoms with Gasteiger partial charge in [-0.2, -0.15) is 13.2 Å². The molecule has 1 unspecified atom stereocenters. The molecule has 1 fully saturated rings. The molecule has 1 N–H and O–H groups in total. The average molecular weight is 371 g/mol. The molecule has 0 aliphatic carbocycles. The van der Waals surface area contributed by atoms with Crippen LogP contribution in [0.5, 0.6) is 5.88 Å². The molecule has 8 nitrogen and oxygen atoms in total. The number of ether oxygens (including phenoxy) is 1. The van der Waals surface area contributed by atoms with Gasteiger partial charge in [-0.3, -0.25) is 9.69 Å². The molecular formula is C15H16F3N5O3. The molecular weight excluding hydrogens is 355 g/mol. The number of carbonyl (C=O) groups is 1. The zero-order valence-electron chi connectivity index (χ0n) is 13.6. The molecule has 0 amide bonds. The number of pyridine rings is 1. The van der Waals surface area contributed by atoms with E-state index in [0.717, 1.165) is 18.8 Å². The Labute approximate surface area is 146 Å². The fraction of sp³-hybridized carbons (Fsp3) is 0.467. The molecule has 0 saturated carbocycles. The van der Waals surface area contributed by atoms with Gasteiger partial charge in [0.25, 0.3) is 0 Å². The molecule has 1 aliphatic rings. The van der Waals surface area contributed by atoms with Crippen molar-refractivity contribution in [1.29, 1.82) is 0 Å². The lowest BCUT2D eigenvalue weighted by Crippen LogP contribution is -2.25. The Morgan fingerprint density at radius 3 is 2.85 bits per heavy atom. The van der Waals surface area contributed by atoms with Crippen molar-refractivity contribution in [2.24, 2.45) is 0 Å². The van der Waals surface area contributed by atoms with Gasteiger partial charge in [0, 0.05) is 31.9 Å². The van der Waals surface area contributed by atoms with Crippen molar-refractivity contribution in [3.05, 3.63) is 35.8 Å². The van der Waals surface area contributed by atoms with Crippen LogP contribution in [-0.2, 0) is 24.1 Å². The Balaban J connectivity index is 1.51. The van der Waals surface area contributed by atoms with Crippen molar-refractivity contribution in [1.82, 2.24) is 24.9 Å². The molecule has 1 aliphatic heterocycles. The minimum absolute atomic E-state index is 0.150. The van der Waals surface area contributed by atoms with Crippen molar-refractivity contribution in [3.63, 3.8) is 0 Å². The first kappa shape index (κ1) is 18.1. The maximum atomic E-state index is 12.5. The normalized spacial score (nSPS) is 18.2. The largest absolute Gasteiger partial charge is 0.480 e. The summed E-state index contributed by atoms with van der Waals surface area (Å²) in [4.78, 5) is 16.4. The SMILES string of the molecule is O=C(O)Cn1cc(CN2CCC(Oc3ccc(C(F)(F)F)cn3)C2)nn1. The van der Waals surface area contributed by atoms with Crippen LogP contribution in [-0.4, -0.2) is 55.1 Å². The van der Waals surface area contributed by atoms with Crippen LogP contribution < -0.4 is 4.74 Å². The number of alkyl halides is 3. The molecule has 0 radical (unpaired) electrons. The number of likely N-dealkylation sites (tertiary alicyclic amines) is 1. The van der Waals surface area contributed by atoms with E-state index in [1.54, 1.807) is 6.20 Å². The van der Waals surface area contributed by atoms with E-state index < -0.39 is 17.7 Å². The highest BCUT2D eigenvalue weighted by Gasteiger charge is 2.31. The van der Waals surface area contributed by atoms with Gasteiger partial charge in [-0.05, 0) is 12.5 Å². The zero-order chi connectivity index (χ0) is 18.7. The molecule has 2 aromatic rings. The number of carboxylic acid groups (broad SMARTS) is 1. The van der Waals surface area contributed by atoms with Gasteiger partial charge >= 0.3 is 12.1 Å². The first-order valence-corrected chi connectivity index (χ1v) is 7.82. The van der Waals surface area contributed by atoms with Crippen molar-refractivity contribution >= 4 is 5.97 Å². The molecule has 140 valence electrons. The van der Waals surface area contributed by atoms with E-state index in [4.69, 9.17) is 9.84 Å². The summed E-state index contributed by atoms with van der Waals surface area (Å²) < 4.78 is 44.4. The zero-order valence-corrected chi connectivity index (χ0v) is 13.6. The number of hydrogen-bond donors (Lipinski definition) is 1. The van der Waals surface area contributed by atoms with Crippen LogP contribution in [0.15, 0.2) is 24.5 Å². The van der Waals surface area contributed by atoms with E-state index in [0.29, 0.717) is 25.2 Å².